The van der Waals surface area contributed by atoms with Crippen molar-refractivity contribution in [2.24, 2.45) is 10.7 Å². The number of anilines is 1. The van der Waals surface area contributed by atoms with E-state index in [9.17, 15) is 4.79 Å². The number of carbonyl (C=O) groups excluding carboxylic acids is 1. The molecule has 1 aliphatic heterocycles. The van der Waals surface area contributed by atoms with Gasteiger partial charge in [-0.3, -0.25) is 9.79 Å². The number of benzene rings is 1. The highest BCUT2D eigenvalue weighted by molar-refractivity contribution is 7.12. The van der Waals surface area contributed by atoms with Gasteiger partial charge in [-0.2, -0.15) is 0 Å². The van der Waals surface area contributed by atoms with E-state index >= 15 is 0 Å². The van der Waals surface area contributed by atoms with Crippen LogP contribution in [-0.2, 0) is 4.79 Å². The topological polar surface area (TPSA) is 58.7 Å². The zero-order valence-corrected chi connectivity index (χ0v) is 12.1. The third kappa shape index (κ3) is 2.05. The lowest BCUT2D eigenvalue weighted by Crippen LogP contribution is -2.39. The molecule has 2 heterocycles. The minimum Gasteiger partial charge on any atom is -0.312 e. The van der Waals surface area contributed by atoms with Gasteiger partial charge in [-0.05, 0) is 30.5 Å². The first kappa shape index (κ1) is 13.0. The van der Waals surface area contributed by atoms with Crippen LogP contribution in [0.25, 0.3) is 0 Å². The third-order valence-corrected chi connectivity index (χ3v) is 4.25. The summed E-state index contributed by atoms with van der Waals surface area (Å²) in [5.41, 5.74) is 9.64. The quantitative estimate of drug-likeness (QED) is 0.873. The first-order chi connectivity index (χ1) is 9.58. The molecule has 1 unspecified atom stereocenters. The first-order valence-electron chi connectivity index (χ1n) is 6.34. The molecule has 20 heavy (non-hydrogen) atoms. The van der Waals surface area contributed by atoms with Gasteiger partial charge in [-0.1, -0.05) is 17.7 Å². The van der Waals surface area contributed by atoms with Gasteiger partial charge in [0.2, 0.25) is 0 Å². The molecule has 0 bridgehead atoms. The number of thiophene rings is 1. The highest BCUT2D eigenvalue weighted by atomic mass is 32.1. The molecule has 2 N–H and O–H groups in total. The summed E-state index contributed by atoms with van der Waals surface area (Å²) in [6.07, 6.45) is -0.857. The number of benzodiazepines with no additional fused rings is 1. The number of aryl methyl sites for hydroxylation is 1. The van der Waals surface area contributed by atoms with Gasteiger partial charge in [0.05, 0.1) is 16.3 Å². The number of likely N-dealkylation sites (N-methyl/N-ethyl adjacent to an activating group) is 1. The van der Waals surface area contributed by atoms with Crippen molar-refractivity contribution in [2.45, 2.75) is 13.1 Å². The molecular formula is C15H15N3OS. The predicted molar refractivity (Wildman–Crippen MR) is 82.5 cm³/mol. The molecule has 3 rings (SSSR count). The molecule has 1 aromatic carbocycles. The van der Waals surface area contributed by atoms with Crippen LogP contribution >= 0.6 is 11.3 Å². The summed E-state index contributed by atoms with van der Waals surface area (Å²) in [6.45, 7) is 2.03. The van der Waals surface area contributed by atoms with Gasteiger partial charge in [0.25, 0.3) is 5.91 Å². The van der Waals surface area contributed by atoms with Crippen molar-refractivity contribution < 1.29 is 4.79 Å². The number of amides is 1. The number of nitrogens with zero attached hydrogens (tertiary/aromatic N) is 2. The van der Waals surface area contributed by atoms with Crippen molar-refractivity contribution >= 4 is 28.6 Å². The van der Waals surface area contributed by atoms with Crippen molar-refractivity contribution in [1.82, 2.24) is 0 Å². The van der Waals surface area contributed by atoms with Crippen LogP contribution in [-0.4, -0.2) is 24.8 Å². The number of hydrogen-bond acceptors (Lipinski definition) is 4. The highest BCUT2D eigenvalue weighted by Gasteiger charge is 2.27. The van der Waals surface area contributed by atoms with E-state index in [1.54, 1.807) is 23.3 Å². The van der Waals surface area contributed by atoms with Gasteiger partial charge < -0.3 is 10.6 Å². The maximum absolute atomic E-state index is 12.2. The Balaban J connectivity index is 2.27. The summed E-state index contributed by atoms with van der Waals surface area (Å²) in [7, 11) is 1.74. The van der Waals surface area contributed by atoms with Gasteiger partial charge >= 0.3 is 0 Å². The fraction of sp³-hybridized carbons (Fsp3) is 0.200. The molecule has 0 fully saturated rings. The Morgan fingerprint density at radius 2 is 2.15 bits per heavy atom. The molecule has 0 aliphatic carbocycles. The molecule has 4 nitrogen and oxygen atoms in total. The average Bonchev–Trinajstić information content (AvgIpc) is 2.94. The van der Waals surface area contributed by atoms with Crippen molar-refractivity contribution in [3.63, 3.8) is 0 Å². The lowest BCUT2D eigenvalue weighted by Gasteiger charge is -2.19. The van der Waals surface area contributed by atoms with E-state index in [1.807, 2.05) is 36.6 Å². The molecule has 0 spiro atoms. The number of nitrogens with two attached hydrogens (primary N) is 1. The summed E-state index contributed by atoms with van der Waals surface area (Å²) in [5, 5.41) is 2.00. The standard InChI is InChI=1S/C15H15N3OS/c1-9-5-6-11-10(8-9)13(12-4-3-7-20-12)17-14(16)15(19)18(11)2/h3-8,14H,16H2,1-2H3. The zero-order chi connectivity index (χ0) is 14.3. The predicted octanol–water partition coefficient (Wildman–Crippen LogP) is 2.16. The van der Waals surface area contributed by atoms with Crippen LogP contribution in [0.15, 0.2) is 40.7 Å². The maximum atomic E-state index is 12.2. The highest BCUT2D eigenvalue weighted by Crippen LogP contribution is 2.29. The summed E-state index contributed by atoms with van der Waals surface area (Å²) in [5.74, 6) is -0.193. The van der Waals surface area contributed by atoms with E-state index in [2.05, 4.69) is 11.1 Å². The summed E-state index contributed by atoms with van der Waals surface area (Å²) in [6, 6.07) is 9.96. The Labute approximate surface area is 121 Å². The van der Waals surface area contributed by atoms with Crippen molar-refractivity contribution in [2.75, 3.05) is 11.9 Å². The van der Waals surface area contributed by atoms with Crippen molar-refractivity contribution in [1.29, 1.82) is 0 Å². The normalized spacial score (nSPS) is 18.6. The molecule has 102 valence electrons. The lowest BCUT2D eigenvalue weighted by atomic mass is 10.0. The van der Waals surface area contributed by atoms with Crippen molar-refractivity contribution in [3.05, 3.63) is 51.7 Å². The molecule has 0 radical (unpaired) electrons. The van der Waals surface area contributed by atoms with E-state index in [0.717, 1.165) is 27.4 Å². The Kier molecular flexibility index (Phi) is 3.16. The number of hydrogen-bond donors (Lipinski definition) is 1. The molecule has 1 aliphatic rings. The monoisotopic (exact) mass is 285 g/mol. The Morgan fingerprint density at radius 3 is 2.85 bits per heavy atom. The van der Waals surface area contributed by atoms with Crippen LogP contribution in [0.1, 0.15) is 16.0 Å². The Hall–Kier alpha value is -1.98. The fourth-order valence-corrected chi connectivity index (χ4v) is 3.06. The molecule has 2 aromatic rings. The molecule has 1 atom stereocenters. The Bertz CT molecular complexity index is 691. The molecular weight excluding hydrogens is 270 g/mol. The lowest BCUT2D eigenvalue weighted by molar-refractivity contribution is -0.119. The van der Waals surface area contributed by atoms with Crippen LogP contribution in [0.5, 0.6) is 0 Å². The minimum absolute atomic E-state index is 0.193. The SMILES string of the molecule is Cc1ccc2c(c1)C(c1cccs1)=NC(N)C(=O)N2C. The fourth-order valence-electron chi connectivity index (χ4n) is 2.32. The van der Waals surface area contributed by atoms with E-state index in [4.69, 9.17) is 5.73 Å². The van der Waals surface area contributed by atoms with Crippen LogP contribution < -0.4 is 10.6 Å². The van der Waals surface area contributed by atoms with E-state index in [1.165, 1.54) is 0 Å². The van der Waals surface area contributed by atoms with Crippen LogP contribution in [0.3, 0.4) is 0 Å². The van der Waals surface area contributed by atoms with Gasteiger partial charge in [0.15, 0.2) is 6.17 Å². The largest absolute Gasteiger partial charge is 0.312 e. The number of aliphatic imine (C=N–C) groups is 1. The minimum atomic E-state index is -0.857. The summed E-state index contributed by atoms with van der Waals surface area (Å²) < 4.78 is 0. The number of rotatable bonds is 1. The molecule has 0 saturated carbocycles. The summed E-state index contributed by atoms with van der Waals surface area (Å²) >= 11 is 1.60. The first-order valence-corrected chi connectivity index (χ1v) is 7.22. The van der Waals surface area contributed by atoms with E-state index < -0.39 is 6.17 Å². The van der Waals surface area contributed by atoms with Gasteiger partial charge in [0, 0.05) is 12.6 Å². The zero-order valence-electron chi connectivity index (χ0n) is 11.3. The van der Waals surface area contributed by atoms with Crippen LogP contribution in [0, 0.1) is 6.92 Å². The summed E-state index contributed by atoms with van der Waals surface area (Å²) in [4.78, 5) is 19.3. The van der Waals surface area contributed by atoms with Crippen LogP contribution in [0.4, 0.5) is 5.69 Å². The van der Waals surface area contributed by atoms with Gasteiger partial charge in [-0.15, -0.1) is 11.3 Å². The molecule has 0 saturated heterocycles. The molecule has 5 heteroatoms. The molecule has 1 amide bonds. The Morgan fingerprint density at radius 1 is 1.35 bits per heavy atom. The maximum Gasteiger partial charge on any atom is 0.266 e. The number of carbonyl (C=O) groups is 1. The van der Waals surface area contributed by atoms with E-state index in [0.29, 0.717) is 0 Å². The number of fused-ring (bicyclic) bond motifs is 1. The average molecular weight is 285 g/mol. The smallest absolute Gasteiger partial charge is 0.266 e. The van der Waals surface area contributed by atoms with Gasteiger partial charge in [-0.25, -0.2) is 0 Å². The second-order valence-electron chi connectivity index (χ2n) is 4.82. The van der Waals surface area contributed by atoms with Crippen LogP contribution in [0.2, 0.25) is 0 Å². The third-order valence-electron chi connectivity index (χ3n) is 3.37. The second kappa shape index (κ2) is 4.85. The molecule has 1 aromatic heterocycles. The second-order valence-corrected chi connectivity index (χ2v) is 5.77. The van der Waals surface area contributed by atoms with Gasteiger partial charge in [0.1, 0.15) is 0 Å². The van der Waals surface area contributed by atoms with Crippen molar-refractivity contribution in [3.8, 4) is 0 Å². The van der Waals surface area contributed by atoms with E-state index in [-0.39, 0.29) is 5.91 Å².